The second kappa shape index (κ2) is 4.13. The smallest absolute Gasteiger partial charge is 0.337 e. The van der Waals surface area contributed by atoms with E-state index in [0.29, 0.717) is 17.7 Å². The molecule has 78 valence electrons. The van der Waals surface area contributed by atoms with Crippen molar-refractivity contribution in [1.82, 2.24) is 10.6 Å². The van der Waals surface area contributed by atoms with Crippen LogP contribution in [0, 0.1) is 0 Å². The summed E-state index contributed by atoms with van der Waals surface area (Å²) in [5, 5.41) is 5.19. The van der Waals surface area contributed by atoms with Crippen LogP contribution in [-0.4, -0.2) is 25.2 Å². The van der Waals surface area contributed by atoms with Crippen LogP contribution in [0.2, 0.25) is 0 Å². The van der Waals surface area contributed by atoms with E-state index in [2.05, 4.69) is 15.4 Å². The van der Waals surface area contributed by atoms with E-state index in [4.69, 9.17) is 0 Å². The Morgan fingerprint density at radius 1 is 1.57 bits per heavy atom. The van der Waals surface area contributed by atoms with Crippen LogP contribution in [0.3, 0.4) is 0 Å². The quantitative estimate of drug-likeness (QED) is 0.636. The minimum Gasteiger partial charge on any atom is -0.466 e. The van der Waals surface area contributed by atoms with Crippen molar-refractivity contribution in [2.24, 2.45) is 0 Å². The third-order valence-electron chi connectivity index (χ3n) is 2.17. The summed E-state index contributed by atoms with van der Waals surface area (Å²) in [6.07, 6.45) is 0.662. The lowest BCUT2D eigenvalue weighted by atomic mass is 10.0. The largest absolute Gasteiger partial charge is 0.466 e. The van der Waals surface area contributed by atoms with Crippen LogP contribution in [0.25, 0.3) is 0 Å². The molecular formula is C9H14N2O3. The molecule has 5 nitrogen and oxygen atoms in total. The molecule has 0 bridgehead atoms. The number of ether oxygens (including phenoxy) is 1. The SMILES string of the molecule is CC[C@@H]1NC(=O)NC(C)=C1C(=O)OC. The fourth-order valence-electron chi connectivity index (χ4n) is 1.48. The number of carbonyl (C=O) groups is 2. The van der Waals surface area contributed by atoms with Crippen molar-refractivity contribution < 1.29 is 14.3 Å². The van der Waals surface area contributed by atoms with E-state index in [0.717, 1.165) is 0 Å². The van der Waals surface area contributed by atoms with E-state index in [-0.39, 0.29) is 12.1 Å². The molecule has 1 heterocycles. The standard InChI is InChI=1S/C9H14N2O3/c1-4-6-7(8(12)14-3)5(2)10-9(13)11-6/h6H,4H2,1-3H3,(H2,10,11,13)/t6-/m0/s1. The number of amides is 2. The lowest BCUT2D eigenvalue weighted by Gasteiger charge is -2.26. The van der Waals surface area contributed by atoms with Crippen molar-refractivity contribution in [2.45, 2.75) is 26.3 Å². The molecule has 1 rings (SSSR count). The fraction of sp³-hybridized carbons (Fsp3) is 0.556. The zero-order valence-electron chi connectivity index (χ0n) is 8.51. The van der Waals surface area contributed by atoms with Crippen LogP contribution in [0.5, 0.6) is 0 Å². The molecule has 1 aliphatic heterocycles. The molecule has 14 heavy (non-hydrogen) atoms. The van der Waals surface area contributed by atoms with Crippen molar-refractivity contribution in [3.63, 3.8) is 0 Å². The van der Waals surface area contributed by atoms with E-state index < -0.39 is 5.97 Å². The zero-order chi connectivity index (χ0) is 10.7. The predicted octanol–water partition coefficient (Wildman–Crippen LogP) is 0.525. The van der Waals surface area contributed by atoms with Gasteiger partial charge in [-0.25, -0.2) is 9.59 Å². The fourth-order valence-corrected chi connectivity index (χ4v) is 1.48. The Hall–Kier alpha value is -1.52. The zero-order valence-corrected chi connectivity index (χ0v) is 8.51. The molecule has 0 saturated carbocycles. The van der Waals surface area contributed by atoms with Gasteiger partial charge in [-0.05, 0) is 13.3 Å². The summed E-state index contributed by atoms with van der Waals surface area (Å²) in [6, 6.07) is -0.529. The van der Waals surface area contributed by atoms with Crippen LogP contribution in [0.15, 0.2) is 11.3 Å². The van der Waals surface area contributed by atoms with Gasteiger partial charge in [0.1, 0.15) is 0 Å². The summed E-state index contributed by atoms with van der Waals surface area (Å²) in [6.45, 7) is 3.58. The first-order valence-corrected chi connectivity index (χ1v) is 4.46. The Balaban J connectivity index is 3.00. The van der Waals surface area contributed by atoms with E-state index in [1.807, 2.05) is 6.92 Å². The molecule has 2 amide bonds. The predicted molar refractivity (Wildman–Crippen MR) is 50.5 cm³/mol. The molecule has 0 spiro atoms. The third kappa shape index (κ3) is 1.86. The second-order valence-electron chi connectivity index (χ2n) is 3.09. The van der Waals surface area contributed by atoms with Crippen molar-refractivity contribution in [3.8, 4) is 0 Å². The highest BCUT2D eigenvalue weighted by Crippen LogP contribution is 2.15. The summed E-state index contributed by atoms with van der Waals surface area (Å²) < 4.78 is 4.64. The maximum Gasteiger partial charge on any atom is 0.337 e. The second-order valence-corrected chi connectivity index (χ2v) is 3.09. The number of allylic oxidation sites excluding steroid dienone is 1. The first kappa shape index (κ1) is 10.6. The number of carbonyl (C=O) groups excluding carboxylic acids is 2. The summed E-state index contributed by atoms with van der Waals surface area (Å²) in [5.41, 5.74) is 1.06. The number of rotatable bonds is 2. The Bertz CT molecular complexity index is 296. The maximum absolute atomic E-state index is 11.4. The molecule has 0 aromatic heterocycles. The molecule has 2 N–H and O–H groups in total. The van der Waals surface area contributed by atoms with E-state index in [9.17, 15) is 9.59 Å². The average Bonchev–Trinajstić information content (AvgIpc) is 2.15. The highest BCUT2D eigenvalue weighted by molar-refractivity contribution is 5.94. The highest BCUT2D eigenvalue weighted by atomic mass is 16.5. The minimum atomic E-state index is -0.401. The Kier molecular flexibility index (Phi) is 3.11. The van der Waals surface area contributed by atoms with Gasteiger partial charge < -0.3 is 15.4 Å². The first-order chi connectivity index (χ1) is 6.60. The van der Waals surface area contributed by atoms with Crippen LogP contribution < -0.4 is 10.6 Å². The summed E-state index contributed by atoms with van der Waals surface area (Å²) in [4.78, 5) is 22.5. The minimum absolute atomic E-state index is 0.254. The molecule has 1 aliphatic rings. The Morgan fingerprint density at radius 2 is 2.21 bits per heavy atom. The average molecular weight is 198 g/mol. The van der Waals surface area contributed by atoms with Gasteiger partial charge in [-0.15, -0.1) is 0 Å². The van der Waals surface area contributed by atoms with Gasteiger partial charge in [0.05, 0.1) is 18.7 Å². The number of nitrogens with one attached hydrogen (secondary N) is 2. The molecule has 0 aliphatic carbocycles. The van der Waals surface area contributed by atoms with Crippen molar-refractivity contribution in [1.29, 1.82) is 0 Å². The maximum atomic E-state index is 11.4. The lowest BCUT2D eigenvalue weighted by molar-refractivity contribution is -0.136. The van der Waals surface area contributed by atoms with E-state index >= 15 is 0 Å². The Labute approximate surface area is 82.5 Å². The molecule has 0 radical (unpaired) electrons. The van der Waals surface area contributed by atoms with Gasteiger partial charge in [-0.2, -0.15) is 0 Å². The topological polar surface area (TPSA) is 67.4 Å². The van der Waals surface area contributed by atoms with Crippen LogP contribution in [-0.2, 0) is 9.53 Å². The van der Waals surface area contributed by atoms with Gasteiger partial charge in [-0.3, -0.25) is 0 Å². The monoisotopic (exact) mass is 198 g/mol. The van der Waals surface area contributed by atoms with Crippen molar-refractivity contribution >= 4 is 12.0 Å². The van der Waals surface area contributed by atoms with Crippen molar-refractivity contribution in [2.75, 3.05) is 7.11 Å². The number of urea groups is 1. The first-order valence-electron chi connectivity index (χ1n) is 4.46. The lowest BCUT2D eigenvalue weighted by Crippen LogP contribution is -2.49. The third-order valence-corrected chi connectivity index (χ3v) is 2.17. The Morgan fingerprint density at radius 3 is 2.71 bits per heavy atom. The molecule has 0 aromatic rings. The van der Waals surface area contributed by atoms with Crippen LogP contribution in [0.1, 0.15) is 20.3 Å². The van der Waals surface area contributed by atoms with Gasteiger partial charge in [0, 0.05) is 5.70 Å². The summed E-state index contributed by atoms with van der Waals surface area (Å²) in [7, 11) is 1.33. The van der Waals surface area contributed by atoms with Gasteiger partial charge >= 0.3 is 12.0 Å². The summed E-state index contributed by atoms with van der Waals surface area (Å²) >= 11 is 0. The molecular weight excluding hydrogens is 184 g/mol. The molecule has 1 atom stereocenters. The number of methoxy groups -OCH3 is 1. The number of esters is 1. The van der Waals surface area contributed by atoms with Gasteiger partial charge in [-0.1, -0.05) is 6.92 Å². The molecule has 5 heteroatoms. The van der Waals surface area contributed by atoms with Gasteiger partial charge in [0.25, 0.3) is 0 Å². The van der Waals surface area contributed by atoms with E-state index in [1.54, 1.807) is 6.92 Å². The molecule has 0 aromatic carbocycles. The molecule has 0 fully saturated rings. The van der Waals surface area contributed by atoms with Gasteiger partial charge in [0.2, 0.25) is 0 Å². The van der Waals surface area contributed by atoms with Crippen LogP contribution >= 0.6 is 0 Å². The van der Waals surface area contributed by atoms with Crippen LogP contribution in [0.4, 0.5) is 4.79 Å². The normalized spacial score (nSPS) is 21.4. The van der Waals surface area contributed by atoms with Crippen molar-refractivity contribution in [3.05, 3.63) is 11.3 Å². The molecule has 0 unspecified atom stereocenters. The number of hydrogen-bond acceptors (Lipinski definition) is 3. The number of hydrogen-bond donors (Lipinski definition) is 2. The van der Waals surface area contributed by atoms with E-state index in [1.165, 1.54) is 7.11 Å². The highest BCUT2D eigenvalue weighted by Gasteiger charge is 2.28. The van der Waals surface area contributed by atoms with Gasteiger partial charge in [0.15, 0.2) is 0 Å². The summed E-state index contributed by atoms with van der Waals surface area (Å²) in [5.74, 6) is -0.401. The molecule has 0 saturated heterocycles.